The van der Waals surface area contributed by atoms with Crippen LogP contribution < -0.4 is 11.2 Å². The predicted molar refractivity (Wildman–Crippen MR) is 104 cm³/mol. The molecule has 0 bridgehead atoms. The van der Waals surface area contributed by atoms with Gasteiger partial charge in [0.25, 0.3) is 11.6 Å². The number of nitrogen functional groups attached to an aromatic ring is 1. The number of hydrogen-bond donors (Lipinski definition) is 2. The molecule has 0 unspecified atom stereocenters. The van der Waals surface area contributed by atoms with Crippen molar-refractivity contribution in [1.82, 2.24) is 5.43 Å². The number of nitrogens with two attached hydrogens (primary N) is 1. The van der Waals surface area contributed by atoms with Crippen molar-refractivity contribution < 1.29 is 14.1 Å². The molecule has 3 aromatic rings. The lowest BCUT2D eigenvalue weighted by Crippen LogP contribution is -2.18. The molecule has 1 aromatic heterocycles. The first-order valence-corrected chi connectivity index (χ1v) is 8.47. The van der Waals surface area contributed by atoms with Crippen molar-refractivity contribution in [1.29, 1.82) is 0 Å². The Balaban J connectivity index is 1.71. The Kier molecular flexibility index (Phi) is 5.32. The molecular weight excluding hydrogens is 416 g/mol. The first-order chi connectivity index (χ1) is 13.0. The van der Waals surface area contributed by atoms with Gasteiger partial charge in [0.2, 0.25) is 0 Å². The molecule has 1 heterocycles. The highest BCUT2D eigenvalue weighted by Crippen LogP contribution is 2.32. The minimum Gasteiger partial charge on any atom is -0.455 e. The van der Waals surface area contributed by atoms with E-state index in [1.807, 2.05) is 0 Å². The highest BCUT2D eigenvalue weighted by Gasteiger charge is 2.13. The molecular formula is C18H13BrN4O4. The van der Waals surface area contributed by atoms with E-state index >= 15 is 0 Å². The summed E-state index contributed by atoms with van der Waals surface area (Å²) in [5.74, 6) is 0.461. The molecule has 3 N–H and O–H groups in total. The summed E-state index contributed by atoms with van der Waals surface area (Å²) in [4.78, 5) is 22.3. The number of furan rings is 1. The minimum absolute atomic E-state index is 0.0261. The number of nitrogens with one attached hydrogen (secondary N) is 1. The van der Waals surface area contributed by atoms with E-state index in [0.29, 0.717) is 32.8 Å². The fourth-order valence-corrected chi connectivity index (χ4v) is 2.87. The van der Waals surface area contributed by atoms with Crippen LogP contribution in [0.1, 0.15) is 16.1 Å². The number of para-hydroxylation sites is 1. The first kappa shape index (κ1) is 18.3. The monoisotopic (exact) mass is 428 g/mol. The lowest BCUT2D eigenvalue weighted by atomic mass is 10.1. The maximum absolute atomic E-state index is 12.0. The summed E-state index contributed by atoms with van der Waals surface area (Å²) >= 11 is 3.30. The Labute approximate surface area is 162 Å². The first-order valence-electron chi connectivity index (χ1n) is 7.68. The third-order valence-corrected chi connectivity index (χ3v) is 4.28. The Morgan fingerprint density at radius 3 is 2.70 bits per heavy atom. The number of carbonyl (C=O) groups excluding carboxylic acids is 1. The van der Waals surface area contributed by atoms with Gasteiger partial charge in [0.05, 0.1) is 16.7 Å². The van der Waals surface area contributed by atoms with E-state index in [2.05, 4.69) is 26.5 Å². The van der Waals surface area contributed by atoms with Crippen LogP contribution in [0.25, 0.3) is 11.3 Å². The molecule has 1 amide bonds. The Hall–Kier alpha value is -3.46. The molecule has 3 rings (SSSR count). The van der Waals surface area contributed by atoms with Gasteiger partial charge in [0.1, 0.15) is 11.5 Å². The second-order valence-electron chi connectivity index (χ2n) is 5.41. The van der Waals surface area contributed by atoms with Crippen LogP contribution in [0.5, 0.6) is 0 Å². The van der Waals surface area contributed by atoms with Crippen molar-refractivity contribution in [3.8, 4) is 11.3 Å². The smallest absolute Gasteiger partial charge is 0.273 e. The quantitative estimate of drug-likeness (QED) is 0.275. The number of amides is 1. The molecule has 0 aliphatic carbocycles. The lowest BCUT2D eigenvalue weighted by molar-refractivity contribution is -0.384. The highest BCUT2D eigenvalue weighted by atomic mass is 79.9. The van der Waals surface area contributed by atoms with Crippen molar-refractivity contribution in [2.45, 2.75) is 0 Å². The Morgan fingerprint density at radius 2 is 2.00 bits per heavy atom. The molecule has 0 aliphatic rings. The lowest BCUT2D eigenvalue weighted by Gasteiger charge is -2.02. The second-order valence-corrected chi connectivity index (χ2v) is 6.26. The van der Waals surface area contributed by atoms with Crippen LogP contribution in [-0.2, 0) is 0 Å². The van der Waals surface area contributed by atoms with Gasteiger partial charge in [-0.3, -0.25) is 14.9 Å². The van der Waals surface area contributed by atoms with Gasteiger partial charge < -0.3 is 10.2 Å². The average Bonchev–Trinajstić information content (AvgIpc) is 3.10. The third kappa shape index (κ3) is 4.21. The van der Waals surface area contributed by atoms with Crippen molar-refractivity contribution >= 4 is 39.4 Å². The van der Waals surface area contributed by atoms with Crippen molar-refractivity contribution in [3.05, 3.63) is 80.5 Å². The van der Waals surface area contributed by atoms with Gasteiger partial charge in [0, 0.05) is 27.9 Å². The van der Waals surface area contributed by atoms with E-state index in [0.717, 1.165) is 0 Å². The van der Waals surface area contributed by atoms with Gasteiger partial charge in [0.15, 0.2) is 0 Å². The van der Waals surface area contributed by atoms with E-state index in [1.165, 1.54) is 18.3 Å². The van der Waals surface area contributed by atoms with Crippen molar-refractivity contribution in [2.75, 3.05) is 5.73 Å². The van der Waals surface area contributed by atoms with E-state index in [9.17, 15) is 14.9 Å². The molecule has 27 heavy (non-hydrogen) atoms. The van der Waals surface area contributed by atoms with Gasteiger partial charge >= 0.3 is 0 Å². The van der Waals surface area contributed by atoms with E-state index in [-0.39, 0.29) is 5.69 Å². The van der Waals surface area contributed by atoms with Crippen molar-refractivity contribution in [2.24, 2.45) is 5.10 Å². The summed E-state index contributed by atoms with van der Waals surface area (Å²) in [6.07, 6.45) is 1.35. The Bertz CT molecular complexity index is 1050. The molecule has 0 saturated heterocycles. The molecule has 2 aromatic carbocycles. The molecule has 8 nitrogen and oxygen atoms in total. The zero-order valence-electron chi connectivity index (χ0n) is 13.8. The van der Waals surface area contributed by atoms with Crippen molar-refractivity contribution in [3.63, 3.8) is 0 Å². The van der Waals surface area contributed by atoms with Crippen LogP contribution in [0.4, 0.5) is 11.4 Å². The standard InChI is InChI=1S/C18H13BrN4O4/c19-15-9-11(23(25)26)5-7-13(15)17-8-6-12(27-17)10-21-22-18(24)14-3-1-2-4-16(14)20/h1-10H,20H2,(H,22,24). The summed E-state index contributed by atoms with van der Waals surface area (Å²) in [7, 11) is 0. The average molecular weight is 429 g/mol. The summed E-state index contributed by atoms with van der Waals surface area (Å²) in [5.41, 5.74) is 9.42. The highest BCUT2D eigenvalue weighted by molar-refractivity contribution is 9.10. The molecule has 0 radical (unpaired) electrons. The Morgan fingerprint density at radius 1 is 1.22 bits per heavy atom. The van der Waals surface area contributed by atoms with Crippen LogP contribution in [0.3, 0.4) is 0 Å². The van der Waals surface area contributed by atoms with E-state index in [4.69, 9.17) is 10.2 Å². The van der Waals surface area contributed by atoms with Gasteiger partial charge in [-0.05, 0) is 46.3 Å². The number of hydrogen-bond acceptors (Lipinski definition) is 6. The van der Waals surface area contributed by atoms with Crippen LogP contribution in [0.2, 0.25) is 0 Å². The predicted octanol–water partition coefficient (Wildman–Crippen LogP) is 3.96. The van der Waals surface area contributed by atoms with Gasteiger partial charge in [-0.25, -0.2) is 5.43 Å². The number of rotatable bonds is 5. The number of hydrazone groups is 1. The minimum atomic E-state index is -0.475. The summed E-state index contributed by atoms with van der Waals surface area (Å²) in [6, 6.07) is 14.4. The van der Waals surface area contributed by atoms with E-state index in [1.54, 1.807) is 42.5 Å². The second kappa shape index (κ2) is 7.83. The van der Waals surface area contributed by atoms with Gasteiger partial charge in [-0.2, -0.15) is 5.10 Å². The van der Waals surface area contributed by atoms with Crippen LogP contribution in [0.15, 0.2) is 68.6 Å². The number of non-ortho nitro benzene ring substituents is 1. The molecule has 0 fully saturated rings. The van der Waals surface area contributed by atoms with Gasteiger partial charge in [-0.1, -0.05) is 12.1 Å². The third-order valence-electron chi connectivity index (χ3n) is 3.62. The summed E-state index contributed by atoms with van der Waals surface area (Å²) < 4.78 is 6.17. The molecule has 0 spiro atoms. The number of nitro benzene ring substituents is 1. The molecule has 0 saturated carbocycles. The number of anilines is 1. The normalized spacial score (nSPS) is 10.9. The van der Waals surface area contributed by atoms with Crippen LogP contribution >= 0.6 is 15.9 Å². The fourth-order valence-electron chi connectivity index (χ4n) is 2.30. The van der Waals surface area contributed by atoms with Gasteiger partial charge in [-0.15, -0.1) is 0 Å². The molecule has 136 valence electrons. The fraction of sp³-hybridized carbons (Fsp3) is 0. The molecule has 9 heteroatoms. The number of halogens is 1. The SMILES string of the molecule is Nc1ccccc1C(=O)NN=Cc1ccc(-c2ccc([N+](=O)[O-])cc2Br)o1. The number of carbonyl (C=O) groups is 1. The zero-order chi connectivity index (χ0) is 19.4. The van der Waals surface area contributed by atoms with E-state index < -0.39 is 10.8 Å². The summed E-state index contributed by atoms with van der Waals surface area (Å²) in [6.45, 7) is 0. The zero-order valence-corrected chi connectivity index (χ0v) is 15.3. The number of nitro groups is 1. The largest absolute Gasteiger partial charge is 0.455 e. The summed E-state index contributed by atoms with van der Waals surface area (Å²) in [5, 5.41) is 14.7. The van der Waals surface area contributed by atoms with Crippen LogP contribution in [0, 0.1) is 10.1 Å². The topological polar surface area (TPSA) is 124 Å². The number of benzene rings is 2. The maximum Gasteiger partial charge on any atom is 0.273 e. The molecule has 0 atom stereocenters. The maximum atomic E-state index is 12.0. The number of nitrogens with zero attached hydrogens (tertiary/aromatic N) is 2. The van der Waals surface area contributed by atoms with Crippen LogP contribution in [-0.4, -0.2) is 17.0 Å². The molecule has 0 aliphatic heterocycles.